The van der Waals surface area contributed by atoms with Gasteiger partial charge in [-0.05, 0) is 36.0 Å². The first-order valence-electron chi connectivity index (χ1n) is 10.2. The molecule has 2 aliphatic heterocycles. The largest absolute Gasteiger partial charge is 0.387 e. The number of piperidine rings is 1. The minimum Gasteiger partial charge on any atom is -0.387 e. The fraction of sp³-hybridized carbons (Fsp3) is 0.478. The number of likely N-dealkylation sites (tertiary alicyclic amines) is 1. The van der Waals surface area contributed by atoms with Crippen LogP contribution >= 0.6 is 0 Å². The number of ether oxygens (including phenoxy) is 1. The van der Waals surface area contributed by atoms with Crippen molar-refractivity contribution < 1.29 is 9.84 Å². The second kappa shape index (κ2) is 8.98. The van der Waals surface area contributed by atoms with E-state index in [0.29, 0.717) is 18.6 Å². The average Bonchev–Trinajstić information content (AvgIpc) is 3.28. The molecule has 2 aliphatic rings. The van der Waals surface area contributed by atoms with Gasteiger partial charge >= 0.3 is 0 Å². The van der Waals surface area contributed by atoms with Crippen molar-refractivity contribution in [3.05, 3.63) is 60.2 Å². The highest BCUT2D eigenvalue weighted by atomic mass is 16.5. The lowest BCUT2D eigenvalue weighted by atomic mass is 10.0. The lowest BCUT2D eigenvalue weighted by Crippen LogP contribution is -2.47. The summed E-state index contributed by atoms with van der Waals surface area (Å²) in [5.41, 5.74) is 3.36. The molecule has 0 amide bonds. The maximum absolute atomic E-state index is 10.5. The maximum Gasteiger partial charge on any atom is 0.0914 e. The molecule has 2 unspecified atom stereocenters. The molecule has 0 spiro atoms. The van der Waals surface area contributed by atoms with Crippen LogP contribution in [0.5, 0.6) is 0 Å². The first kappa shape index (κ1) is 18.6. The molecule has 2 N–H and O–H groups in total. The Hall–Kier alpha value is -1.72. The second-order valence-corrected chi connectivity index (χ2v) is 7.74. The summed E-state index contributed by atoms with van der Waals surface area (Å²) in [5.74, 6) is 0. The van der Waals surface area contributed by atoms with E-state index in [1.807, 2.05) is 30.3 Å². The van der Waals surface area contributed by atoms with Crippen LogP contribution in [0, 0.1) is 0 Å². The average molecular weight is 367 g/mol. The van der Waals surface area contributed by atoms with Gasteiger partial charge in [0.25, 0.3) is 0 Å². The van der Waals surface area contributed by atoms with Crippen LogP contribution in [0.25, 0.3) is 11.1 Å². The normalized spacial score (nSPS) is 22.8. The molecule has 2 fully saturated rings. The molecule has 2 aromatic rings. The molecule has 0 bridgehead atoms. The van der Waals surface area contributed by atoms with Crippen LogP contribution in [0.3, 0.4) is 0 Å². The van der Waals surface area contributed by atoms with Gasteiger partial charge in [0.15, 0.2) is 0 Å². The molecule has 4 nitrogen and oxygen atoms in total. The minimum atomic E-state index is -0.462. The van der Waals surface area contributed by atoms with Crippen molar-refractivity contribution in [3.63, 3.8) is 0 Å². The number of nitrogens with zero attached hydrogens (tertiary/aromatic N) is 1. The number of aliphatic hydroxyl groups is 1. The molecule has 2 heterocycles. The maximum atomic E-state index is 10.5. The van der Waals surface area contributed by atoms with Crippen molar-refractivity contribution in [1.29, 1.82) is 0 Å². The quantitative estimate of drug-likeness (QED) is 0.824. The zero-order valence-electron chi connectivity index (χ0n) is 15.9. The lowest BCUT2D eigenvalue weighted by molar-refractivity contribution is 0.110. The summed E-state index contributed by atoms with van der Waals surface area (Å²) in [6.07, 6.45) is 3.01. The Kier molecular flexibility index (Phi) is 6.20. The Labute approximate surface area is 162 Å². The Morgan fingerprint density at radius 2 is 1.67 bits per heavy atom. The highest BCUT2D eigenvalue weighted by Crippen LogP contribution is 2.22. The van der Waals surface area contributed by atoms with Gasteiger partial charge in [0.1, 0.15) is 0 Å². The van der Waals surface area contributed by atoms with E-state index in [2.05, 4.69) is 34.5 Å². The summed E-state index contributed by atoms with van der Waals surface area (Å²) < 4.78 is 5.51. The standard InChI is InChI=1S/C23H30N2O2/c26-23(20-8-6-19(7-9-20)18-4-2-1-3-5-18)16-24-21-10-13-25(14-11-21)22-12-15-27-17-22/h1-9,21-24,26H,10-17H2. The Morgan fingerprint density at radius 3 is 2.33 bits per heavy atom. The molecule has 0 aromatic heterocycles. The molecular formula is C23H30N2O2. The van der Waals surface area contributed by atoms with E-state index in [1.165, 1.54) is 17.5 Å². The highest BCUT2D eigenvalue weighted by molar-refractivity contribution is 5.63. The Morgan fingerprint density at radius 1 is 0.963 bits per heavy atom. The van der Waals surface area contributed by atoms with Crippen molar-refractivity contribution >= 4 is 0 Å². The molecule has 2 saturated heterocycles. The third-order valence-corrected chi connectivity index (χ3v) is 5.95. The third kappa shape index (κ3) is 4.77. The molecule has 27 heavy (non-hydrogen) atoms. The summed E-state index contributed by atoms with van der Waals surface area (Å²) in [5, 5.41) is 14.1. The number of aliphatic hydroxyl groups excluding tert-OH is 1. The Bertz CT molecular complexity index is 690. The van der Waals surface area contributed by atoms with Crippen LogP contribution in [0.2, 0.25) is 0 Å². The SMILES string of the molecule is OC(CNC1CCN(C2CCOC2)CC1)c1ccc(-c2ccccc2)cc1. The fourth-order valence-corrected chi connectivity index (χ4v) is 4.20. The zero-order valence-corrected chi connectivity index (χ0v) is 15.9. The first-order chi connectivity index (χ1) is 13.3. The van der Waals surface area contributed by atoms with Gasteiger partial charge in [0, 0.05) is 38.3 Å². The summed E-state index contributed by atoms with van der Waals surface area (Å²) >= 11 is 0. The van der Waals surface area contributed by atoms with E-state index >= 15 is 0 Å². The predicted molar refractivity (Wildman–Crippen MR) is 109 cm³/mol. The van der Waals surface area contributed by atoms with Crippen LogP contribution in [0.4, 0.5) is 0 Å². The molecular weight excluding hydrogens is 336 g/mol. The molecule has 4 rings (SSSR count). The number of rotatable bonds is 6. The second-order valence-electron chi connectivity index (χ2n) is 7.74. The van der Waals surface area contributed by atoms with E-state index in [4.69, 9.17) is 4.74 Å². The van der Waals surface area contributed by atoms with Crippen LogP contribution in [0.15, 0.2) is 54.6 Å². The summed E-state index contributed by atoms with van der Waals surface area (Å²) in [6.45, 7) is 4.69. The van der Waals surface area contributed by atoms with Gasteiger partial charge < -0.3 is 15.2 Å². The van der Waals surface area contributed by atoms with E-state index in [1.54, 1.807) is 0 Å². The minimum absolute atomic E-state index is 0.462. The smallest absolute Gasteiger partial charge is 0.0914 e. The Balaban J connectivity index is 1.24. The molecule has 4 heteroatoms. The van der Waals surface area contributed by atoms with Crippen molar-refractivity contribution in [2.75, 3.05) is 32.8 Å². The van der Waals surface area contributed by atoms with Gasteiger partial charge in [0.2, 0.25) is 0 Å². The van der Waals surface area contributed by atoms with Crippen LogP contribution in [0.1, 0.15) is 30.9 Å². The predicted octanol–water partition coefficient (Wildman–Crippen LogP) is 3.23. The van der Waals surface area contributed by atoms with Gasteiger partial charge in [0.05, 0.1) is 12.7 Å². The zero-order chi connectivity index (χ0) is 18.5. The van der Waals surface area contributed by atoms with E-state index in [9.17, 15) is 5.11 Å². The number of hydrogen-bond acceptors (Lipinski definition) is 4. The number of nitrogens with one attached hydrogen (secondary N) is 1. The van der Waals surface area contributed by atoms with Crippen molar-refractivity contribution in [1.82, 2.24) is 10.2 Å². The number of hydrogen-bond donors (Lipinski definition) is 2. The van der Waals surface area contributed by atoms with Gasteiger partial charge in [-0.3, -0.25) is 4.90 Å². The van der Waals surface area contributed by atoms with E-state index in [0.717, 1.165) is 44.7 Å². The van der Waals surface area contributed by atoms with Gasteiger partial charge in [-0.15, -0.1) is 0 Å². The summed E-state index contributed by atoms with van der Waals surface area (Å²) in [6, 6.07) is 19.7. The van der Waals surface area contributed by atoms with Gasteiger partial charge in [-0.2, -0.15) is 0 Å². The molecule has 2 atom stereocenters. The molecule has 0 saturated carbocycles. The molecule has 2 aromatic carbocycles. The van der Waals surface area contributed by atoms with Crippen molar-refractivity contribution in [2.45, 2.75) is 37.5 Å². The van der Waals surface area contributed by atoms with Gasteiger partial charge in [-0.1, -0.05) is 54.6 Å². The van der Waals surface area contributed by atoms with Crippen LogP contribution in [-0.2, 0) is 4.74 Å². The van der Waals surface area contributed by atoms with Crippen LogP contribution in [-0.4, -0.2) is 54.9 Å². The number of benzene rings is 2. The third-order valence-electron chi connectivity index (χ3n) is 5.95. The van der Waals surface area contributed by atoms with Crippen LogP contribution < -0.4 is 5.32 Å². The topological polar surface area (TPSA) is 44.7 Å². The first-order valence-corrected chi connectivity index (χ1v) is 10.2. The summed E-state index contributed by atoms with van der Waals surface area (Å²) in [7, 11) is 0. The molecule has 0 aliphatic carbocycles. The molecule has 144 valence electrons. The highest BCUT2D eigenvalue weighted by Gasteiger charge is 2.27. The van der Waals surface area contributed by atoms with Gasteiger partial charge in [-0.25, -0.2) is 0 Å². The van der Waals surface area contributed by atoms with Crippen molar-refractivity contribution in [3.8, 4) is 11.1 Å². The van der Waals surface area contributed by atoms with E-state index < -0.39 is 6.10 Å². The lowest BCUT2D eigenvalue weighted by Gasteiger charge is -2.36. The summed E-state index contributed by atoms with van der Waals surface area (Å²) in [4.78, 5) is 2.57. The molecule has 0 radical (unpaired) electrons. The van der Waals surface area contributed by atoms with E-state index in [-0.39, 0.29) is 0 Å². The monoisotopic (exact) mass is 366 g/mol. The fourth-order valence-electron chi connectivity index (χ4n) is 4.20. The van der Waals surface area contributed by atoms with Crippen molar-refractivity contribution in [2.24, 2.45) is 0 Å².